The molecule has 0 aliphatic rings. The summed E-state index contributed by atoms with van der Waals surface area (Å²) in [5, 5.41) is 7.23. The second kappa shape index (κ2) is 14.7. The van der Waals surface area contributed by atoms with Crippen LogP contribution in [0.15, 0.2) is 97.5 Å². The molecule has 6 heteroatoms. The molecule has 52 heavy (non-hydrogen) atoms. The zero-order chi connectivity index (χ0) is 36.5. The number of ether oxygens (including phenoxy) is 2. The average Bonchev–Trinajstić information content (AvgIpc) is 3.79. The maximum atomic E-state index is 6.57. The highest BCUT2D eigenvalue weighted by Crippen LogP contribution is 2.39. The van der Waals surface area contributed by atoms with Crippen molar-refractivity contribution in [1.82, 2.24) is 19.3 Å². The van der Waals surface area contributed by atoms with Gasteiger partial charge in [-0.25, -0.2) is 9.67 Å². The third kappa shape index (κ3) is 6.58. The highest BCUT2D eigenvalue weighted by molar-refractivity contribution is 6.09. The quantitative estimate of drug-likeness (QED) is 0.128. The largest absolute Gasteiger partial charge is 0.497 e. The van der Waals surface area contributed by atoms with E-state index < -0.39 is 0 Å². The van der Waals surface area contributed by atoms with E-state index in [9.17, 15) is 0 Å². The van der Waals surface area contributed by atoms with E-state index in [0.717, 1.165) is 76.2 Å². The molecule has 0 aliphatic carbocycles. The predicted molar refractivity (Wildman–Crippen MR) is 215 cm³/mol. The molecule has 4 aromatic carbocycles. The summed E-state index contributed by atoms with van der Waals surface area (Å²) in [4.78, 5) is 4.71. The topological polar surface area (TPSA) is 54.1 Å². The standard InChI is InChI=1S/C46H50N4O2/c1-9-29(3)22-41-32(6)31(5)33(7)42(23-30(4)10-2)46(41)34-27-48-49(28-34)35-14-13-15-37(24-35)52-38-18-19-40-39-16-11-12-17-43(39)50(44(40)25-38)45-26-36(51-8)20-21-47-45/h11-21,24-30H,9-10,22-23H2,1-8H3. The Bertz CT molecular complexity index is 2340. The SMILES string of the molecule is CCC(C)Cc1c(C)c(C)c(C)c(CC(C)CC)c1-c1cnn(-c2cccc(Oc3ccc4c5ccccc5n(-c5cc(OC)ccn5)c4c3)c2)c1. The monoisotopic (exact) mass is 690 g/mol. The maximum absolute atomic E-state index is 6.57. The van der Waals surface area contributed by atoms with E-state index in [0.29, 0.717) is 11.8 Å². The van der Waals surface area contributed by atoms with Crippen LogP contribution in [0, 0.1) is 32.6 Å². The Morgan fingerprint density at radius 1 is 0.692 bits per heavy atom. The first-order chi connectivity index (χ1) is 25.2. The lowest BCUT2D eigenvalue weighted by Crippen LogP contribution is -2.11. The van der Waals surface area contributed by atoms with Crippen LogP contribution in [0.5, 0.6) is 17.2 Å². The Hall–Kier alpha value is -5.36. The summed E-state index contributed by atoms with van der Waals surface area (Å²) in [5.41, 5.74) is 12.8. The lowest BCUT2D eigenvalue weighted by Gasteiger charge is -2.25. The van der Waals surface area contributed by atoms with Gasteiger partial charge in [0.2, 0.25) is 0 Å². The number of methoxy groups -OCH3 is 1. The van der Waals surface area contributed by atoms with Crippen molar-refractivity contribution < 1.29 is 9.47 Å². The van der Waals surface area contributed by atoms with Gasteiger partial charge in [0.25, 0.3) is 0 Å². The summed E-state index contributed by atoms with van der Waals surface area (Å²) < 4.78 is 16.3. The number of fused-ring (bicyclic) bond motifs is 3. The summed E-state index contributed by atoms with van der Waals surface area (Å²) in [6.45, 7) is 16.3. The Balaban J connectivity index is 1.26. The van der Waals surface area contributed by atoms with E-state index in [1.165, 1.54) is 38.9 Å². The van der Waals surface area contributed by atoms with Crippen LogP contribution >= 0.6 is 0 Å². The first-order valence-electron chi connectivity index (χ1n) is 18.7. The number of rotatable bonds is 12. The molecule has 0 saturated heterocycles. The molecular weight excluding hydrogens is 641 g/mol. The highest BCUT2D eigenvalue weighted by atomic mass is 16.5. The Morgan fingerprint density at radius 2 is 1.38 bits per heavy atom. The zero-order valence-corrected chi connectivity index (χ0v) is 31.8. The molecule has 0 N–H and O–H groups in total. The Kier molecular flexibility index (Phi) is 9.92. The van der Waals surface area contributed by atoms with Crippen molar-refractivity contribution in [1.29, 1.82) is 0 Å². The van der Waals surface area contributed by atoms with E-state index in [1.54, 1.807) is 13.3 Å². The fourth-order valence-corrected chi connectivity index (χ4v) is 7.46. The van der Waals surface area contributed by atoms with E-state index in [2.05, 4.69) is 114 Å². The highest BCUT2D eigenvalue weighted by Gasteiger charge is 2.23. The second-order valence-corrected chi connectivity index (χ2v) is 14.5. The van der Waals surface area contributed by atoms with Gasteiger partial charge in [0.15, 0.2) is 0 Å². The van der Waals surface area contributed by atoms with Crippen molar-refractivity contribution in [3.63, 3.8) is 0 Å². The second-order valence-electron chi connectivity index (χ2n) is 14.5. The van der Waals surface area contributed by atoms with E-state index in [4.69, 9.17) is 19.6 Å². The third-order valence-electron chi connectivity index (χ3n) is 11.1. The first-order valence-corrected chi connectivity index (χ1v) is 18.7. The first kappa shape index (κ1) is 35.1. The van der Waals surface area contributed by atoms with E-state index in [-0.39, 0.29) is 0 Å². The minimum atomic E-state index is 0.604. The molecule has 2 atom stereocenters. The summed E-state index contributed by atoms with van der Waals surface area (Å²) >= 11 is 0. The Labute approximate surface area is 308 Å². The van der Waals surface area contributed by atoms with Crippen molar-refractivity contribution in [2.45, 2.75) is 74.1 Å². The molecule has 266 valence electrons. The molecule has 0 spiro atoms. The molecule has 0 fully saturated rings. The zero-order valence-electron chi connectivity index (χ0n) is 31.8. The summed E-state index contributed by atoms with van der Waals surface area (Å²) in [7, 11) is 1.68. The van der Waals surface area contributed by atoms with Crippen molar-refractivity contribution in [3.8, 4) is 39.9 Å². The smallest absolute Gasteiger partial charge is 0.141 e. The van der Waals surface area contributed by atoms with Crippen LogP contribution in [0.3, 0.4) is 0 Å². The molecule has 3 aromatic heterocycles. The molecule has 3 heterocycles. The van der Waals surface area contributed by atoms with Gasteiger partial charge in [0, 0.05) is 46.9 Å². The average molecular weight is 691 g/mol. The van der Waals surface area contributed by atoms with Crippen LogP contribution in [0.4, 0.5) is 0 Å². The van der Waals surface area contributed by atoms with Crippen molar-refractivity contribution in [3.05, 3.63) is 125 Å². The third-order valence-corrected chi connectivity index (χ3v) is 11.1. The number of benzene rings is 4. The number of nitrogens with zero attached hydrogens (tertiary/aromatic N) is 4. The van der Waals surface area contributed by atoms with Gasteiger partial charge in [-0.15, -0.1) is 0 Å². The van der Waals surface area contributed by atoms with E-state index >= 15 is 0 Å². The summed E-state index contributed by atoms with van der Waals surface area (Å²) in [5.74, 6) is 4.24. The minimum Gasteiger partial charge on any atom is -0.497 e. The van der Waals surface area contributed by atoms with Crippen LogP contribution in [0.25, 0.3) is 44.4 Å². The number of pyridine rings is 1. The molecule has 0 amide bonds. The van der Waals surface area contributed by atoms with Gasteiger partial charge in [-0.1, -0.05) is 64.8 Å². The van der Waals surface area contributed by atoms with Crippen LogP contribution in [0.2, 0.25) is 0 Å². The van der Waals surface area contributed by atoms with Crippen LogP contribution in [-0.2, 0) is 12.8 Å². The van der Waals surface area contributed by atoms with E-state index in [1.807, 2.05) is 35.0 Å². The van der Waals surface area contributed by atoms with Gasteiger partial charge in [-0.3, -0.25) is 4.57 Å². The fraction of sp³-hybridized carbons (Fsp3) is 0.304. The van der Waals surface area contributed by atoms with Gasteiger partial charge >= 0.3 is 0 Å². The molecule has 0 bridgehead atoms. The number of hydrogen-bond acceptors (Lipinski definition) is 4. The summed E-state index contributed by atoms with van der Waals surface area (Å²) in [6, 6.07) is 26.7. The van der Waals surface area contributed by atoms with Gasteiger partial charge in [0.05, 0.1) is 30.0 Å². The predicted octanol–water partition coefficient (Wildman–Crippen LogP) is 11.9. The Morgan fingerprint density at radius 3 is 2.10 bits per heavy atom. The van der Waals surface area contributed by atoms with Gasteiger partial charge < -0.3 is 9.47 Å². The fourth-order valence-electron chi connectivity index (χ4n) is 7.46. The molecular formula is C46H50N4O2. The molecule has 0 aliphatic heterocycles. The van der Waals surface area contributed by atoms with Crippen LogP contribution in [0.1, 0.15) is 68.4 Å². The van der Waals surface area contributed by atoms with Crippen molar-refractivity contribution in [2.75, 3.05) is 7.11 Å². The molecule has 2 unspecified atom stereocenters. The lowest BCUT2D eigenvalue weighted by atomic mass is 9.79. The van der Waals surface area contributed by atoms with Gasteiger partial charge in [-0.2, -0.15) is 5.10 Å². The molecule has 7 rings (SSSR count). The van der Waals surface area contributed by atoms with Gasteiger partial charge in [-0.05, 0) is 115 Å². The molecule has 7 aromatic rings. The minimum absolute atomic E-state index is 0.604. The number of aromatic nitrogens is 4. The molecule has 6 nitrogen and oxygen atoms in total. The molecule has 0 radical (unpaired) electrons. The van der Waals surface area contributed by atoms with Gasteiger partial charge in [0.1, 0.15) is 23.1 Å². The lowest BCUT2D eigenvalue weighted by molar-refractivity contribution is 0.414. The molecule has 0 saturated carbocycles. The van der Waals surface area contributed by atoms with Crippen molar-refractivity contribution in [2.24, 2.45) is 11.8 Å². The van der Waals surface area contributed by atoms with Crippen molar-refractivity contribution >= 4 is 21.8 Å². The maximum Gasteiger partial charge on any atom is 0.141 e. The number of para-hydroxylation sites is 1. The summed E-state index contributed by atoms with van der Waals surface area (Å²) in [6.07, 6.45) is 10.5. The number of hydrogen-bond donors (Lipinski definition) is 0. The van der Waals surface area contributed by atoms with Crippen LogP contribution in [-0.4, -0.2) is 26.4 Å². The normalized spacial score (nSPS) is 12.8. The van der Waals surface area contributed by atoms with Crippen LogP contribution < -0.4 is 9.47 Å².